The summed E-state index contributed by atoms with van der Waals surface area (Å²) in [7, 11) is 0. The molecule has 1 saturated carbocycles. The lowest BCUT2D eigenvalue weighted by Crippen LogP contribution is -2.01. The van der Waals surface area contributed by atoms with E-state index < -0.39 is 0 Å². The fourth-order valence-corrected chi connectivity index (χ4v) is 3.31. The van der Waals surface area contributed by atoms with Crippen molar-refractivity contribution in [3.05, 3.63) is 30.3 Å². The van der Waals surface area contributed by atoms with E-state index in [0.717, 1.165) is 5.25 Å². The lowest BCUT2D eigenvalue weighted by atomic mass is 10.1. The summed E-state index contributed by atoms with van der Waals surface area (Å²) in [6.45, 7) is 0.367. The number of aliphatic hydroxyl groups is 1. The Morgan fingerprint density at radius 3 is 2.64 bits per heavy atom. The summed E-state index contributed by atoms with van der Waals surface area (Å²) in [4.78, 5) is 1.36. The van der Waals surface area contributed by atoms with E-state index >= 15 is 0 Å². The molecule has 0 unspecified atom stereocenters. The SMILES string of the molecule is OC[C@H]1CC[C@@H](Sc2ccccc2)C1. The normalized spacial score (nSPS) is 26.6. The largest absolute Gasteiger partial charge is 0.396 e. The molecule has 2 heteroatoms. The zero-order valence-electron chi connectivity index (χ0n) is 8.23. The minimum Gasteiger partial charge on any atom is -0.396 e. The second kappa shape index (κ2) is 4.85. The molecule has 2 atom stereocenters. The summed E-state index contributed by atoms with van der Waals surface area (Å²) < 4.78 is 0. The third-order valence-electron chi connectivity index (χ3n) is 2.80. The van der Waals surface area contributed by atoms with Gasteiger partial charge in [0.15, 0.2) is 0 Å². The Hall–Kier alpha value is -0.470. The van der Waals surface area contributed by atoms with E-state index in [-0.39, 0.29) is 0 Å². The highest BCUT2D eigenvalue weighted by Gasteiger charge is 2.24. The van der Waals surface area contributed by atoms with Crippen LogP contribution in [0.3, 0.4) is 0 Å². The molecular formula is C12H16OS. The summed E-state index contributed by atoms with van der Waals surface area (Å²) in [6, 6.07) is 10.5. The van der Waals surface area contributed by atoms with Crippen molar-refractivity contribution in [2.75, 3.05) is 6.61 Å². The van der Waals surface area contributed by atoms with Crippen molar-refractivity contribution >= 4 is 11.8 Å². The zero-order chi connectivity index (χ0) is 9.80. The molecule has 2 rings (SSSR count). The van der Waals surface area contributed by atoms with Crippen LogP contribution in [-0.2, 0) is 0 Å². The summed E-state index contributed by atoms with van der Waals surface area (Å²) >= 11 is 1.96. The number of hydrogen-bond donors (Lipinski definition) is 1. The molecule has 0 spiro atoms. The first kappa shape index (κ1) is 10.1. The smallest absolute Gasteiger partial charge is 0.0459 e. The van der Waals surface area contributed by atoms with Gasteiger partial charge in [-0.25, -0.2) is 0 Å². The molecule has 14 heavy (non-hydrogen) atoms. The average Bonchev–Trinajstić information content (AvgIpc) is 2.67. The third-order valence-corrected chi connectivity index (χ3v) is 4.10. The second-order valence-electron chi connectivity index (χ2n) is 3.91. The van der Waals surface area contributed by atoms with Crippen molar-refractivity contribution in [3.8, 4) is 0 Å². The Balaban J connectivity index is 1.88. The van der Waals surface area contributed by atoms with Gasteiger partial charge >= 0.3 is 0 Å². The number of rotatable bonds is 3. The Morgan fingerprint density at radius 1 is 1.21 bits per heavy atom. The van der Waals surface area contributed by atoms with Crippen LogP contribution in [0.2, 0.25) is 0 Å². The van der Waals surface area contributed by atoms with Crippen molar-refractivity contribution in [1.82, 2.24) is 0 Å². The van der Waals surface area contributed by atoms with Gasteiger partial charge in [0.25, 0.3) is 0 Å². The third kappa shape index (κ3) is 2.52. The predicted octanol–water partition coefficient (Wildman–Crippen LogP) is 2.94. The highest BCUT2D eigenvalue weighted by molar-refractivity contribution is 8.00. The molecule has 1 aliphatic carbocycles. The monoisotopic (exact) mass is 208 g/mol. The molecule has 1 fully saturated rings. The summed E-state index contributed by atoms with van der Waals surface area (Å²) in [5, 5.41) is 9.76. The van der Waals surface area contributed by atoms with Gasteiger partial charge in [0.2, 0.25) is 0 Å². The van der Waals surface area contributed by atoms with E-state index in [1.807, 2.05) is 11.8 Å². The number of thioether (sulfide) groups is 1. The van der Waals surface area contributed by atoms with Crippen molar-refractivity contribution in [1.29, 1.82) is 0 Å². The Bertz CT molecular complexity index is 273. The highest BCUT2D eigenvalue weighted by Crippen LogP contribution is 2.37. The first-order valence-corrected chi connectivity index (χ1v) is 6.09. The van der Waals surface area contributed by atoms with E-state index in [1.165, 1.54) is 24.2 Å². The van der Waals surface area contributed by atoms with Crippen molar-refractivity contribution in [2.45, 2.75) is 29.4 Å². The Labute approximate surface area is 89.5 Å². The molecule has 0 saturated heterocycles. The lowest BCUT2D eigenvalue weighted by molar-refractivity contribution is 0.230. The van der Waals surface area contributed by atoms with Crippen LogP contribution in [0.5, 0.6) is 0 Å². The van der Waals surface area contributed by atoms with E-state index in [2.05, 4.69) is 30.3 Å². The van der Waals surface area contributed by atoms with Crippen LogP contribution in [-0.4, -0.2) is 17.0 Å². The summed E-state index contributed by atoms with van der Waals surface area (Å²) in [5.41, 5.74) is 0. The van der Waals surface area contributed by atoms with E-state index in [1.54, 1.807) is 0 Å². The second-order valence-corrected chi connectivity index (χ2v) is 5.29. The maximum absolute atomic E-state index is 9.04. The van der Waals surface area contributed by atoms with Gasteiger partial charge in [0.1, 0.15) is 0 Å². The van der Waals surface area contributed by atoms with E-state index in [4.69, 9.17) is 5.11 Å². The van der Waals surface area contributed by atoms with Gasteiger partial charge in [-0.15, -0.1) is 11.8 Å². The van der Waals surface area contributed by atoms with Crippen LogP contribution in [0.15, 0.2) is 35.2 Å². The molecule has 0 aliphatic heterocycles. The van der Waals surface area contributed by atoms with Gasteiger partial charge in [0.05, 0.1) is 0 Å². The molecule has 1 aliphatic rings. The fraction of sp³-hybridized carbons (Fsp3) is 0.500. The first-order valence-electron chi connectivity index (χ1n) is 5.21. The van der Waals surface area contributed by atoms with Crippen molar-refractivity contribution in [2.24, 2.45) is 5.92 Å². The van der Waals surface area contributed by atoms with Crippen LogP contribution >= 0.6 is 11.8 Å². The molecule has 1 aromatic rings. The van der Waals surface area contributed by atoms with Crippen LogP contribution in [0.25, 0.3) is 0 Å². The van der Waals surface area contributed by atoms with Gasteiger partial charge < -0.3 is 5.11 Å². The summed E-state index contributed by atoms with van der Waals surface area (Å²) in [6.07, 6.45) is 3.63. The van der Waals surface area contributed by atoms with Crippen LogP contribution < -0.4 is 0 Å². The minimum atomic E-state index is 0.367. The van der Waals surface area contributed by atoms with Gasteiger partial charge in [-0.1, -0.05) is 18.2 Å². The number of aliphatic hydroxyl groups excluding tert-OH is 1. The standard InChI is InChI=1S/C12H16OS/c13-9-10-6-7-12(8-10)14-11-4-2-1-3-5-11/h1-5,10,12-13H,6-9H2/t10-,12+/m0/s1. The van der Waals surface area contributed by atoms with E-state index in [9.17, 15) is 0 Å². The fourth-order valence-electron chi connectivity index (χ4n) is 1.99. The molecule has 1 N–H and O–H groups in total. The maximum Gasteiger partial charge on any atom is 0.0459 e. The van der Waals surface area contributed by atoms with Gasteiger partial charge in [-0.05, 0) is 37.3 Å². The molecule has 76 valence electrons. The molecule has 0 aromatic heterocycles. The zero-order valence-corrected chi connectivity index (χ0v) is 9.04. The molecule has 0 heterocycles. The van der Waals surface area contributed by atoms with Gasteiger partial charge in [-0.3, -0.25) is 0 Å². The number of benzene rings is 1. The highest BCUT2D eigenvalue weighted by atomic mass is 32.2. The van der Waals surface area contributed by atoms with Crippen LogP contribution in [0.1, 0.15) is 19.3 Å². The minimum absolute atomic E-state index is 0.367. The first-order chi connectivity index (χ1) is 6.88. The van der Waals surface area contributed by atoms with Crippen LogP contribution in [0.4, 0.5) is 0 Å². The molecule has 1 aromatic carbocycles. The predicted molar refractivity (Wildman–Crippen MR) is 60.5 cm³/mol. The molecule has 0 radical (unpaired) electrons. The average molecular weight is 208 g/mol. The Morgan fingerprint density at radius 2 is 2.00 bits per heavy atom. The van der Waals surface area contributed by atoms with Gasteiger partial charge in [-0.2, -0.15) is 0 Å². The molecule has 0 bridgehead atoms. The van der Waals surface area contributed by atoms with Gasteiger partial charge in [0, 0.05) is 16.8 Å². The lowest BCUT2D eigenvalue weighted by Gasteiger charge is -2.09. The Kier molecular flexibility index (Phi) is 3.49. The number of hydrogen-bond acceptors (Lipinski definition) is 2. The topological polar surface area (TPSA) is 20.2 Å². The quantitative estimate of drug-likeness (QED) is 0.824. The van der Waals surface area contributed by atoms with E-state index in [0.29, 0.717) is 12.5 Å². The van der Waals surface area contributed by atoms with Crippen molar-refractivity contribution in [3.63, 3.8) is 0 Å². The van der Waals surface area contributed by atoms with Crippen LogP contribution in [0, 0.1) is 5.92 Å². The molecule has 1 nitrogen and oxygen atoms in total. The van der Waals surface area contributed by atoms with Crippen molar-refractivity contribution < 1.29 is 5.11 Å². The molecule has 0 amide bonds. The summed E-state index contributed by atoms with van der Waals surface area (Å²) in [5.74, 6) is 0.552. The molecular weight excluding hydrogens is 192 g/mol. The maximum atomic E-state index is 9.04.